The highest BCUT2D eigenvalue weighted by Crippen LogP contribution is 2.13. The molecule has 0 radical (unpaired) electrons. The largest absolute Gasteiger partial charge is 0.381 e. The highest BCUT2D eigenvalue weighted by atomic mass is 35.5. The summed E-state index contributed by atoms with van der Waals surface area (Å²) in [5, 5.41) is 6.91. The van der Waals surface area contributed by atoms with Crippen molar-refractivity contribution in [1.82, 2.24) is 0 Å². The third-order valence-corrected chi connectivity index (χ3v) is 4.12. The van der Waals surface area contributed by atoms with E-state index >= 15 is 0 Å². The van der Waals surface area contributed by atoms with Crippen LogP contribution in [0.5, 0.6) is 0 Å². The molecule has 0 saturated heterocycles. The van der Waals surface area contributed by atoms with Gasteiger partial charge in [-0.05, 0) is 49.2 Å². The molecule has 0 fully saturated rings. The van der Waals surface area contributed by atoms with Gasteiger partial charge in [-0.15, -0.1) is 24.8 Å². The highest BCUT2D eigenvalue weighted by molar-refractivity contribution is 5.85. The summed E-state index contributed by atoms with van der Waals surface area (Å²) in [6, 6.07) is 25.7. The Bertz CT molecular complexity index is 698. The van der Waals surface area contributed by atoms with Gasteiger partial charge in [0, 0.05) is 24.5 Å². The van der Waals surface area contributed by atoms with E-state index in [0.29, 0.717) is 0 Å². The summed E-state index contributed by atoms with van der Waals surface area (Å²) in [5.74, 6) is 0. The number of nitrogens with one attached hydrogen (secondary N) is 2. The Morgan fingerprint density at radius 3 is 1.12 bits per heavy atom. The van der Waals surface area contributed by atoms with Gasteiger partial charge in [0.05, 0.1) is 0 Å². The Morgan fingerprint density at radius 1 is 0.500 bits per heavy atom. The van der Waals surface area contributed by atoms with Crippen molar-refractivity contribution in [3.05, 3.63) is 95.1 Å². The second-order valence-corrected chi connectivity index (χ2v) is 6.26. The summed E-state index contributed by atoms with van der Waals surface area (Å²) in [6.07, 6.45) is 0. The van der Waals surface area contributed by atoms with E-state index in [1.807, 2.05) is 0 Å². The van der Waals surface area contributed by atoms with Crippen LogP contribution in [0.15, 0.2) is 72.8 Å². The van der Waals surface area contributed by atoms with Crippen molar-refractivity contribution in [2.24, 2.45) is 0 Å². The van der Waals surface area contributed by atoms with Crippen molar-refractivity contribution in [2.75, 3.05) is 10.6 Å². The van der Waals surface area contributed by atoms with Crippen LogP contribution in [-0.2, 0) is 13.1 Å². The molecule has 4 heteroatoms. The normalized spacial score (nSPS) is 9.62. The molecule has 3 aromatic carbocycles. The lowest BCUT2D eigenvalue weighted by Crippen LogP contribution is -2.01. The first-order valence-corrected chi connectivity index (χ1v) is 8.38. The zero-order valence-corrected chi connectivity index (χ0v) is 16.8. The minimum Gasteiger partial charge on any atom is -0.381 e. The lowest BCUT2D eigenvalue weighted by atomic mass is 10.1. The molecule has 0 aliphatic heterocycles. The molecule has 138 valence electrons. The van der Waals surface area contributed by atoms with Crippen LogP contribution in [-0.4, -0.2) is 0 Å². The fourth-order valence-electron chi connectivity index (χ4n) is 2.53. The lowest BCUT2D eigenvalue weighted by molar-refractivity contribution is 1.11. The average molecular weight is 389 g/mol. The first-order valence-electron chi connectivity index (χ1n) is 8.38. The Morgan fingerprint density at radius 2 is 0.808 bits per heavy atom. The molecule has 0 atom stereocenters. The van der Waals surface area contributed by atoms with Gasteiger partial charge in [-0.2, -0.15) is 0 Å². The van der Waals surface area contributed by atoms with E-state index in [0.717, 1.165) is 24.5 Å². The number of aryl methyl sites for hydroxylation is 2. The van der Waals surface area contributed by atoms with Gasteiger partial charge in [0.25, 0.3) is 0 Å². The van der Waals surface area contributed by atoms with Crippen molar-refractivity contribution >= 4 is 36.2 Å². The van der Waals surface area contributed by atoms with Gasteiger partial charge in [0.15, 0.2) is 0 Å². The molecule has 0 saturated carbocycles. The number of hydrogen-bond donors (Lipinski definition) is 2. The predicted octanol–water partition coefficient (Wildman–Crippen LogP) is 6.37. The van der Waals surface area contributed by atoms with E-state index < -0.39 is 0 Å². The molecule has 0 amide bonds. The summed E-state index contributed by atoms with van der Waals surface area (Å²) in [7, 11) is 0. The molecule has 0 unspecified atom stereocenters. The molecular formula is C22H26Cl2N2. The fourth-order valence-corrected chi connectivity index (χ4v) is 2.53. The Labute approximate surface area is 168 Å². The minimum absolute atomic E-state index is 0. The second-order valence-electron chi connectivity index (χ2n) is 6.26. The Balaban J connectivity index is 0.00000169. The van der Waals surface area contributed by atoms with Crippen molar-refractivity contribution in [3.63, 3.8) is 0 Å². The number of rotatable bonds is 6. The van der Waals surface area contributed by atoms with Crippen LogP contribution in [0.4, 0.5) is 11.4 Å². The predicted molar refractivity (Wildman–Crippen MR) is 118 cm³/mol. The monoisotopic (exact) mass is 388 g/mol. The van der Waals surface area contributed by atoms with Crippen molar-refractivity contribution in [3.8, 4) is 0 Å². The smallest absolute Gasteiger partial charge is 0.0400 e. The van der Waals surface area contributed by atoms with E-state index in [1.54, 1.807) is 0 Å². The van der Waals surface area contributed by atoms with Gasteiger partial charge >= 0.3 is 0 Å². The third-order valence-electron chi connectivity index (χ3n) is 4.12. The quantitative estimate of drug-likeness (QED) is 0.512. The molecule has 3 aromatic rings. The molecular weight excluding hydrogens is 363 g/mol. The van der Waals surface area contributed by atoms with Crippen LogP contribution in [0.1, 0.15) is 22.3 Å². The molecule has 0 bridgehead atoms. The first kappa shape index (κ1) is 21.9. The van der Waals surface area contributed by atoms with Gasteiger partial charge in [-0.25, -0.2) is 0 Å². The standard InChI is InChI=1S/C22H24N2.2ClH/c1-17-3-11-21(12-4-17)23-15-19-7-9-20(10-8-19)16-24-22-13-5-18(2)6-14-22;;/h3-14,23-24H,15-16H2,1-2H3;2*1H. The Kier molecular flexibility index (Phi) is 9.04. The average Bonchev–Trinajstić information content (AvgIpc) is 2.62. The maximum atomic E-state index is 3.46. The van der Waals surface area contributed by atoms with Crippen LogP contribution in [0.2, 0.25) is 0 Å². The summed E-state index contributed by atoms with van der Waals surface area (Å²) in [4.78, 5) is 0. The molecule has 2 N–H and O–H groups in total. The lowest BCUT2D eigenvalue weighted by Gasteiger charge is -2.09. The topological polar surface area (TPSA) is 24.1 Å². The molecule has 0 spiro atoms. The van der Waals surface area contributed by atoms with Crippen molar-refractivity contribution < 1.29 is 0 Å². The van der Waals surface area contributed by atoms with Gasteiger partial charge in [0.2, 0.25) is 0 Å². The van der Waals surface area contributed by atoms with Crippen LogP contribution in [0.3, 0.4) is 0 Å². The molecule has 0 aliphatic carbocycles. The Hall–Kier alpha value is -2.16. The molecule has 26 heavy (non-hydrogen) atoms. The van der Waals surface area contributed by atoms with Crippen molar-refractivity contribution in [2.45, 2.75) is 26.9 Å². The summed E-state index contributed by atoms with van der Waals surface area (Å²) < 4.78 is 0. The van der Waals surface area contributed by atoms with Crippen LogP contribution >= 0.6 is 24.8 Å². The van der Waals surface area contributed by atoms with Gasteiger partial charge in [-0.3, -0.25) is 0 Å². The van der Waals surface area contributed by atoms with Gasteiger partial charge in [-0.1, -0.05) is 59.7 Å². The third kappa shape index (κ3) is 6.62. The van der Waals surface area contributed by atoms with Crippen LogP contribution in [0.25, 0.3) is 0 Å². The first-order chi connectivity index (χ1) is 11.7. The highest BCUT2D eigenvalue weighted by Gasteiger charge is 1.97. The summed E-state index contributed by atoms with van der Waals surface area (Å²) in [6.45, 7) is 5.89. The molecule has 2 nitrogen and oxygen atoms in total. The van der Waals surface area contributed by atoms with E-state index in [1.165, 1.54) is 22.3 Å². The van der Waals surface area contributed by atoms with Crippen molar-refractivity contribution in [1.29, 1.82) is 0 Å². The number of hydrogen-bond acceptors (Lipinski definition) is 2. The summed E-state index contributed by atoms with van der Waals surface area (Å²) >= 11 is 0. The van der Waals surface area contributed by atoms with E-state index in [4.69, 9.17) is 0 Å². The fraction of sp³-hybridized carbons (Fsp3) is 0.182. The molecule has 0 aliphatic rings. The van der Waals surface area contributed by atoms with Crippen LogP contribution in [0, 0.1) is 13.8 Å². The summed E-state index contributed by atoms with van der Waals surface area (Å²) in [5.41, 5.74) is 7.46. The maximum absolute atomic E-state index is 3.46. The zero-order chi connectivity index (χ0) is 16.8. The number of halogens is 2. The van der Waals surface area contributed by atoms with E-state index in [-0.39, 0.29) is 24.8 Å². The zero-order valence-electron chi connectivity index (χ0n) is 15.2. The SMILES string of the molecule is Cc1ccc(NCc2ccc(CNc3ccc(C)cc3)cc2)cc1.Cl.Cl. The van der Waals surface area contributed by atoms with E-state index in [9.17, 15) is 0 Å². The minimum atomic E-state index is 0. The second kappa shape index (κ2) is 10.7. The maximum Gasteiger partial charge on any atom is 0.0400 e. The van der Waals surface area contributed by atoms with E-state index in [2.05, 4.69) is 97.3 Å². The number of benzene rings is 3. The van der Waals surface area contributed by atoms with Gasteiger partial charge < -0.3 is 10.6 Å². The molecule has 0 aromatic heterocycles. The number of anilines is 2. The van der Waals surface area contributed by atoms with Gasteiger partial charge in [0.1, 0.15) is 0 Å². The molecule has 0 heterocycles. The molecule has 3 rings (SSSR count). The van der Waals surface area contributed by atoms with Crippen LogP contribution < -0.4 is 10.6 Å².